The fourth-order valence-electron chi connectivity index (χ4n) is 1.74. The third-order valence-electron chi connectivity index (χ3n) is 2.79. The first-order valence-electron chi connectivity index (χ1n) is 6.07. The Hall–Kier alpha value is -1.31. The van der Waals surface area contributed by atoms with E-state index in [-0.39, 0.29) is 11.6 Å². The summed E-state index contributed by atoms with van der Waals surface area (Å²) in [4.78, 5) is 5.19. The van der Waals surface area contributed by atoms with Gasteiger partial charge in [-0.1, -0.05) is 12.1 Å². The van der Waals surface area contributed by atoms with Gasteiger partial charge in [0.2, 0.25) is 10.0 Å². The summed E-state index contributed by atoms with van der Waals surface area (Å²) >= 11 is 1.52. The average molecular weight is 314 g/mol. The molecule has 1 aromatic heterocycles. The predicted molar refractivity (Wildman–Crippen MR) is 77.6 cm³/mol. The topological polar surface area (TPSA) is 59.1 Å². The van der Waals surface area contributed by atoms with Crippen LogP contribution in [0.3, 0.4) is 0 Å². The molecular weight excluding hydrogens is 299 g/mol. The summed E-state index contributed by atoms with van der Waals surface area (Å²) in [6.45, 7) is 2.24. The number of aromatic nitrogens is 1. The largest absolute Gasteiger partial charge is 0.250 e. The normalized spacial score (nSPS) is 11.7. The molecular formula is C13H15FN2O2S2. The van der Waals surface area contributed by atoms with Crippen LogP contribution in [-0.4, -0.2) is 19.9 Å². The van der Waals surface area contributed by atoms with Crippen molar-refractivity contribution >= 4 is 21.4 Å². The molecule has 1 aromatic carbocycles. The van der Waals surface area contributed by atoms with Crippen LogP contribution in [0, 0.1) is 12.7 Å². The van der Waals surface area contributed by atoms with Gasteiger partial charge in [-0.05, 0) is 31.0 Å². The first-order chi connectivity index (χ1) is 9.46. The van der Waals surface area contributed by atoms with E-state index in [1.807, 2.05) is 6.92 Å². The number of thiazole rings is 1. The van der Waals surface area contributed by atoms with Gasteiger partial charge in [-0.2, -0.15) is 0 Å². The highest BCUT2D eigenvalue weighted by Crippen LogP contribution is 2.12. The monoisotopic (exact) mass is 314 g/mol. The van der Waals surface area contributed by atoms with E-state index in [4.69, 9.17) is 0 Å². The van der Waals surface area contributed by atoms with E-state index in [2.05, 4.69) is 9.71 Å². The molecule has 7 heteroatoms. The zero-order valence-electron chi connectivity index (χ0n) is 11.0. The van der Waals surface area contributed by atoms with Crippen LogP contribution in [0.5, 0.6) is 0 Å². The molecule has 4 nitrogen and oxygen atoms in total. The van der Waals surface area contributed by atoms with E-state index in [0.29, 0.717) is 18.5 Å². The molecule has 0 spiro atoms. The third-order valence-corrected chi connectivity index (χ3v) is 5.14. The fraction of sp³-hybridized carbons (Fsp3) is 0.308. The van der Waals surface area contributed by atoms with Crippen molar-refractivity contribution in [3.63, 3.8) is 0 Å². The second-order valence-electron chi connectivity index (χ2n) is 4.39. The number of sulfonamides is 1. The van der Waals surface area contributed by atoms with Crippen LogP contribution < -0.4 is 4.72 Å². The first kappa shape index (κ1) is 15.1. The maximum atomic E-state index is 12.7. The molecule has 0 saturated heterocycles. The lowest BCUT2D eigenvalue weighted by Crippen LogP contribution is -2.27. The van der Waals surface area contributed by atoms with Crippen molar-refractivity contribution in [2.75, 3.05) is 6.54 Å². The molecule has 0 bridgehead atoms. The smallest absolute Gasteiger partial charge is 0.215 e. The van der Waals surface area contributed by atoms with Gasteiger partial charge in [0.1, 0.15) is 5.82 Å². The Balaban J connectivity index is 1.88. The number of halogens is 1. The quantitative estimate of drug-likeness (QED) is 0.889. The van der Waals surface area contributed by atoms with Gasteiger partial charge in [0.15, 0.2) is 0 Å². The minimum absolute atomic E-state index is 0.144. The molecule has 2 aromatic rings. The van der Waals surface area contributed by atoms with Crippen LogP contribution >= 0.6 is 11.3 Å². The van der Waals surface area contributed by atoms with Crippen molar-refractivity contribution in [1.82, 2.24) is 9.71 Å². The highest BCUT2D eigenvalue weighted by Gasteiger charge is 2.11. The summed E-state index contributed by atoms with van der Waals surface area (Å²) in [5.74, 6) is -0.519. The fourth-order valence-corrected chi connectivity index (χ4v) is 3.66. The molecule has 1 N–H and O–H groups in total. The molecule has 0 unspecified atom stereocenters. The lowest BCUT2D eigenvalue weighted by molar-refractivity contribution is 0.580. The molecule has 20 heavy (non-hydrogen) atoms. The van der Waals surface area contributed by atoms with E-state index in [0.717, 1.165) is 10.6 Å². The average Bonchev–Trinajstić information content (AvgIpc) is 2.78. The molecule has 1 heterocycles. The van der Waals surface area contributed by atoms with Gasteiger partial charge < -0.3 is 0 Å². The van der Waals surface area contributed by atoms with Crippen molar-refractivity contribution in [3.8, 4) is 0 Å². The summed E-state index contributed by atoms with van der Waals surface area (Å²) in [7, 11) is -3.40. The first-order valence-corrected chi connectivity index (χ1v) is 8.60. The Bertz CT molecular complexity index is 666. The highest BCUT2D eigenvalue weighted by atomic mass is 32.2. The van der Waals surface area contributed by atoms with Crippen molar-refractivity contribution in [1.29, 1.82) is 0 Å². The van der Waals surface area contributed by atoms with E-state index < -0.39 is 10.0 Å². The molecule has 0 radical (unpaired) electrons. The summed E-state index contributed by atoms with van der Waals surface area (Å²) < 4.78 is 39.1. The highest BCUT2D eigenvalue weighted by molar-refractivity contribution is 7.88. The van der Waals surface area contributed by atoms with E-state index in [9.17, 15) is 12.8 Å². The van der Waals surface area contributed by atoms with Crippen LogP contribution in [0.2, 0.25) is 0 Å². The Morgan fingerprint density at radius 3 is 2.60 bits per heavy atom. The van der Waals surface area contributed by atoms with Crippen molar-refractivity contribution in [2.24, 2.45) is 0 Å². The maximum Gasteiger partial charge on any atom is 0.215 e. The third kappa shape index (κ3) is 4.36. The Labute approximate surface area is 121 Å². The minimum Gasteiger partial charge on any atom is -0.250 e. The number of nitrogens with zero attached hydrogens (tertiary/aromatic N) is 1. The number of aryl methyl sites for hydroxylation is 1. The molecule has 0 saturated carbocycles. The zero-order valence-corrected chi connectivity index (χ0v) is 12.6. The van der Waals surface area contributed by atoms with Gasteiger partial charge in [-0.15, -0.1) is 11.3 Å². The van der Waals surface area contributed by atoms with Crippen molar-refractivity contribution in [2.45, 2.75) is 19.1 Å². The minimum atomic E-state index is -3.40. The Morgan fingerprint density at radius 2 is 2.00 bits per heavy atom. The SMILES string of the molecule is Cc1ncsc1CCNS(=O)(=O)Cc1ccc(F)cc1. The van der Waals surface area contributed by atoms with Crippen molar-refractivity contribution < 1.29 is 12.8 Å². The molecule has 0 aliphatic heterocycles. The molecule has 108 valence electrons. The van der Waals surface area contributed by atoms with Crippen LogP contribution in [-0.2, 0) is 22.2 Å². The molecule has 2 rings (SSSR count). The summed E-state index contributed by atoms with van der Waals surface area (Å²) in [6.07, 6.45) is 0.624. The number of rotatable bonds is 6. The van der Waals surface area contributed by atoms with Crippen LogP contribution in [0.4, 0.5) is 4.39 Å². The summed E-state index contributed by atoms with van der Waals surface area (Å²) in [5, 5.41) is 0. The Kier molecular flexibility index (Phi) is 4.85. The second-order valence-corrected chi connectivity index (χ2v) is 7.14. The predicted octanol–water partition coefficient (Wildman–Crippen LogP) is 2.25. The molecule has 0 aliphatic carbocycles. The summed E-state index contributed by atoms with van der Waals surface area (Å²) in [5.41, 5.74) is 3.25. The van der Waals surface area contributed by atoms with Gasteiger partial charge in [-0.25, -0.2) is 22.5 Å². The number of hydrogen-bond donors (Lipinski definition) is 1. The van der Waals surface area contributed by atoms with Gasteiger partial charge in [0.25, 0.3) is 0 Å². The lowest BCUT2D eigenvalue weighted by Gasteiger charge is -2.06. The van der Waals surface area contributed by atoms with E-state index in [1.54, 1.807) is 5.51 Å². The summed E-state index contributed by atoms with van der Waals surface area (Å²) in [6, 6.07) is 5.46. The van der Waals surface area contributed by atoms with Crippen LogP contribution in [0.15, 0.2) is 29.8 Å². The van der Waals surface area contributed by atoms with Crippen LogP contribution in [0.1, 0.15) is 16.1 Å². The lowest BCUT2D eigenvalue weighted by atomic mass is 10.2. The molecule has 0 amide bonds. The number of nitrogens with one attached hydrogen (secondary N) is 1. The van der Waals surface area contributed by atoms with E-state index >= 15 is 0 Å². The molecule has 0 fully saturated rings. The van der Waals surface area contributed by atoms with Gasteiger partial charge >= 0.3 is 0 Å². The number of benzene rings is 1. The maximum absolute atomic E-state index is 12.7. The number of hydrogen-bond acceptors (Lipinski definition) is 4. The van der Waals surface area contributed by atoms with Crippen LogP contribution in [0.25, 0.3) is 0 Å². The standard InChI is InChI=1S/C13H15FN2O2S2/c1-10-13(19-9-15-10)6-7-16-20(17,18)8-11-2-4-12(14)5-3-11/h2-5,9,16H,6-8H2,1H3. The Morgan fingerprint density at radius 1 is 1.30 bits per heavy atom. The molecule has 0 aliphatic rings. The van der Waals surface area contributed by atoms with Gasteiger partial charge in [0.05, 0.1) is 17.0 Å². The van der Waals surface area contributed by atoms with Crippen molar-refractivity contribution in [3.05, 3.63) is 51.7 Å². The van der Waals surface area contributed by atoms with Gasteiger partial charge in [0, 0.05) is 11.4 Å². The van der Waals surface area contributed by atoms with Gasteiger partial charge in [-0.3, -0.25) is 0 Å². The van der Waals surface area contributed by atoms with E-state index in [1.165, 1.54) is 35.6 Å². The zero-order chi connectivity index (χ0) is 14.6. The second kappa shape index (κ2) is 6.43. The molecule has 0 atom stereocenters.